The van der Waals surface area contributed by atoms with Crippen LogP contribution >= 0.6 is 0 Å². The predicted molar refractivity (Wildman–Crippen MR) is 83.7 cm³/mol. The van der Waals surface area contributed by atoms with E-state index in [1.165, 1.54) is 33.9 Å². The third-order valence-corrected chi connectivity index (χ3v) is 4.04. The van der Waals surface area contributed by atoms with Gasteiger partial charge in [-0.1, -0.05) is 62.2 Å². The molecule has 3 aromatic rings. The largest absolute Gasteiger partial charge is 3.00 e. The molecule has 0 aliphatic rings. The topological polar surface area (TPSA) is 0 Å². The molecule has 0 amide bonds. The van der Waals surface area contributed by atoms with Crippen molar-refractivity contribution in [2.75, 3.05) is 0 Å². The molecule has 3 aromatic carbocycles. The summed E-state index contributed by atoms with van der Waals surface area (Å²) in [7, 11) is 0. The van der Waals surface area contributed by atoms with Gasteiger partial charge in [0.05, 0.1) is 0 Å². The van der Waals surface area contributed by atoms with Crippen molar-refractivity contribution in [2.24, 2.45) is 0 Å². The van der Waals surface area contributed by atoms with Crippen LogP contribution in [0.3, 0.4) is 0 Å². The van der Waals surface area contributed by atoms with Crippen molar-refractivity contribution in [3.8, 4) is 11.1 Å². The van der Waals surface area contributed by atoms with Crippen molar-refractivity contribution < 1.29 is 51.0 Å². The molecule has 0 N–H and O–H groups in total. The summed E-state index contributed by atoms with van der Waals surface area (Å²) in [6.07, 6.45) is 1.19. The summed E-state index contributed by atoms with van der Waals surface area (Å²) < 4.78 is 0. The number of halogens is 2. The van der Waals surface area contributed by atoms with Crippen LogP contribution in [0.1, 0.15) is 31.7 Å². The van der Waals surface area contributed by atoms with Gasteiger partial charge in [0.15, 0.2) is 0 Å². The van der Waals surface area contributed by atoms with Gasteiger partial charge in [-0.25, -0.2) is 0 Å². The van der Waals surface area contributed by atoms with Gasteiger partial charge >= 0.3 is 26.2 Å². The summed E-state index contributed by atoms with van der Waals surface area (Å²) >= 11 is 0. The van der Waals surface area contributed by atoms with Crippen molar-refractivity contribution in [3.63, 3.8) is 0 Å². The summed E-state index contributed by atoms with van der Waals surface area (Å²) in [6.45, 7) is 4.55. The van der Waals surface area contributed by atoms with Crippen LogP contribution in [-0.4, -0.2) is 0 Å². The second kappa shape index (κ2) is 9.61. The molecule has 0 fully saturated rings. The van der Waals surface area contributed by atoms with E-state index in [9.17, 15) is 0 Å². The standard InChI is InChI=1S/C19H19.2ClH.Zr/c1-3-14(2)17-12-16-10-7-11-18(19(16)13-17)15-8-5-4-6-9-15;;;/h4-14H,3H2,1-2H3;2*1H;/q-1;;;+3/p-2. The zero-order valence-corrected chi connectivity index (χ0v) is 16.8. The van der Waals surface area contributed by atoms with E-state index >= 15 is 0 Å². The first-order chi connectivity index (χ1) is 9.29. The first-order valence-corrected chi connectivity index (χ1v) is 7.04. The minimum Gasteiger partial charge on any atom is -1.00 e. The van der Waals surface area contributed by atoms with Crippen molar-refractivity contribution >= 4 is 10.8 Å². The predicted octanol–water partition coefficient (Wildman–Crippen LogP) is -0.255. The second-order valence-corrected chi connectivity index (χ2v) is 5.27. The molecule has 1 atom stereocenters. The normalized spacial score (nSPS) is 11.0. The van der Waals surface area contributed by atoms with Gasteiger partial charge in [0.2, 0.25) is 0 Å². The van der Waals surface area contributed by atoms with Gasteiger partial charge in [-0.2, -0.15) is 6.07 Å². The van der Waals surface area contributed by atoms with Crippen LogP contribution in [-0.2, 0) is 26.2 Å². The second-order valence-electron chi connectivity index (χ2n) is 5.27. The molecule has 0 aliphatic carbocycles. The first-order valence-electron chi connectivity index (χ1n) is 7.04. The van der Waals surface area contributed by atoms with Gasteiger partial charge in [-0.3, -0.25) is 0 Å². The van der Waals surface area contributed by atoms with Crippen LogP contribution in [0.25, 0.3) is 21.9 Å². The number of hydrogen-bond acceptors (Lipinski definition) is 0. The Bertz CT molecular complexity index is 689. The molecule has 0 bridgehead atoms. The minimum atomic E-state index is 0. The van der Waals surface area contributed by atoms with E-state index in [2.05, 4.69) is 74.5 Å². The van der Waals surface area contributed by atoms with Crippen molar-refractivity contribution in [1.82, 2.24) is 0 Å². The van der Waals surface area contributed by atoms with Crippen LogP contribution in [0, 0.1) is 0 Å². The Morgan fingerprint density at radius 2 is 1.64 bits per heavy atom. The Morgan fingerprint density at radius 3 is 2.27 bits per heavy atom. The molecule has 1 unspecified atom stereocenters. The van der Waals surface area contributed by atoms with E-state index in [1.807, 2.05) is 0 Å². The smallest absolute Gasteiger partial charge is 1.00 e. The van der Waals surface area contributed by atoms with Gasteiger partial charge in [0.25, 0.3) is 0 Å². The Kier molecular flexibility index (Phi) is 9.39. The molecular formula is C19H19Cl2Zr. The molecule has 22 heavy (non-hydrogen) atoms. The summed E-state index contributed by atoms with van der Waals surface area (Å²) in [5.41, 5.74) is 4.10. The zero-order valence-electron chi connectivity index (χ0n) is 12.8. The van der Waals surface area contributed by atoms with E-state index in [0.29, 0.717) is 5.92 Å². The fourth-order valence-corrected chi connectivity index (χ4v) is 2.65. The Morgan fingerprint density at radius 1 is 0.955 bits per heavy atom. The van der Waals surface area contributed by atoms with Gasteiger partial charge < -0.3 is 24.8 Å². The van der Waals surface area contributed by atoms with E-state index in [1.54, 1.807) is 0 Å². The molecule has 0 aromatic heterocycles. The number of benzene rings is 2. The van der Waals surface area contributed by atoms with Crippen LogP contribution in [0.15, 0.2) is 60.7 Å². The average molecular weight is 409 g/mol. The molecule has 0 saturated carbocycles. The maximum absolute atomic E-state index is 2.37. The third-order valence-electron chi connectivity index (χ3n) is 4.04. The fraction of sp³-hybridized carbons (Fsp3) is 0.211. The van der Waals surface area contributed by atoms with Crippen LogP contribution in [0.4, 0.5) is 0 Å². The quantitative estimate of drug-likeness (QED) is 0.524. The number of rotatable bonds is 3. The number of fused-ring (bicyclic) bond motifs is 1. The van der Waals surface area contributed by atoms with E-state index < -0.39 is 0 Å². The Hall–Kier alpha value is -0.487. The van der Waals surface area contributed by atoms with Crippen molar-refractivity contribution in [1.29, 1.82) is 0 Å². The minimum absolute atomic E-state index is 0. The molecule has 0 heterocycles. The van der Waals surface area contributed by atoms with Crippen molar-refractivity contribution in [3.05, 3.63) is 66.2 Å². The molecule has 113 valence electrons. The van der Waals surface area contributed by atoms with Gasteiger partial charge in [-0.05, 0) is 11.5 Å². The summed E-state index contributed by atoms with van der Waals surface area (Å²) in [5.74, 6) is 0.635. The molecule has 3 rings (SSSR count). The van der Waals surface area contributed by atoms with Gasteiger partial charge in [0, 0.05) is 0 Å². The van der Waals surface area contributed by atoms with Gasteiger partial charge in [0.1, 0.15) is 0 Å². The Labute approximate surface area is 164 Å². The zero-order chi connectivity index (χ0) is 13.2. The summed E-state index contributed by atoms with van der Waals surface area (Å²) in [5, 5.41) is 2.74. The van der Waals surface area contributed by atoms with Crippen LogP contribution < -0.4 is 24.8 Å². The molecule has 0 nitrogen and oxygen atoms in total. The van der Waals surface area contributed by atoms with Crippen molar-refractivity contribution in [2.45, 2.75) is 26.2 Å². The number of hydrogen-bond donors (Lipinski definition) is 0. The summed E-state index contributed by atoms with van der Waals surface area (Å²) in [6, 6.07) is 22.0. The van der Waals surface area contributed by atoms with E-state index in [4.69, 9.17) is 0 Å². The molecule has 0 aliphatic heterocycles. The monoisotopic (exact) mass is 407 g/mol. The van der Waals surface area contributed by atoms with E-state index in [0.717, 1.165) is 0 Å². The fourth-order valence-electron chi connectivity index (χ4n) is 2.65. The SMILES string of the molecule is CCC(C)c1cc2c(-c3ccccc3)cccc2[cH-]1.[Cl-].[Cl-].[Zr+3]. The molecule has 0 saturated heterocycles. The molecule has 0 spiro atoms. The molecular weight excluding hydrogens is 390 g/mol. The van der Waals surface area contributed by atoms with E-state index in [-0.39, 0.29) is 51.0 Å². The average Bonchev–Trinajstić information content (AvgIpc) is 2.91. The maximum atomic E-state index is 2.37. The molecule has 3 heteroatoms. The van der Waals surface area contributed by atoms with Crippen LogP contribution in [0.5, 0.6) is 0 Å². The van der Waals surface area contributed by atoms with Crippen LogP contribution in [0.2, 0.25) is 0 Å². The molecule has 1 radical (unpaired) electrons. The third kappa shape index (κ3) is 4.28. The maximum Gasteiger partial charge on any atom is 3.00 e. The first kappa shape index (κ1) is 21.5. The Balaban J connectivity index is 0.00000147. The summed E-state index contributed by atoms with van der Waals surface area (Å²) in [4.78, 5) is 0. The van der Waals surface area contributed by atoms with Gasteiger partial charge in [-0.15, -0.1) is 34.5 Å².